The van der Waals surface area contributed by atoms with Crippen molar-refractivity contribution in [2.24, 2.45) is 5.73 Å². The third kappa shape index (κ3) is 6.27. The van der Waals surface area contributed by atoms with Gasteiger partial charge in [0.05, 0.1) is 23.3 Å². The number of nitrogens with one attached hydrogen (secondary N) is 2. The summed E-state index contributed by atoms with van der Waals surface area (Å²) in [6.07, 6.45) is 5.05. The third-order valence-electron chi connectivity index (χ3n) is 4.61. The van der Waals surface area contributed by atoms with Crippen LogP contribution in [-0.4, -0.2) is 34.9 Å². The molecule has 3 rings (SSSR count). The van der Waals surface area contributed by atoms with E-state index >= 15 is 0 Å². The SMILES string of the molecule is CCCCc1cn(-c2ccc(NC(=O)Nc3cc(OCOC)ccc3CN)cc2)nn1. The van der Waals surface area contributed by atoms with Crippen LogP contribution in [0, 0.1) is 0 Å². The number of ether oxygens (including phenoxy) is 2. The number of aryl methyl sites for hydroxylation is 1. The number of nitrogens with two attached hydrogens (primary N) is 1. The molecule has 0 aliphatic carbocycles. The van der Waals surface area contributed by atoms with E-state index in [0.717, 1.165) is 36.2 Å². The molecule has 31 heavy (non-hydrogen) atoms. The Labute approximate surface area is 181 Å². The molecule has 0 aliphatic heterocycles. The lowest BCUT2D eigenvalue weighted by Crippen LogP contribution is -2.20. The molecule has 0 fully saturated rings. The number of hydrogen-bond acceptors (Lipinski definition) is 6. The molecule has 9 nitrogen and oxygen atoms in total. The molecule has 4 N–H and O–H groups in total. The number of amides is 2. The van der Waals surface area contributed by atoms with E-state index in [9.17, 15) is 4.79 Å². The highest BCUT2D eigenvalue weighted by Crippen LogP contribution is 2.23. The van der Waals surface area contributed by atoms with Crippen molar-refractivity contribution in [3.63, 3.8) is 0 Å². The molecule has 3 aromatic rings. The average Bonchev–Trinajstić information content (AvgIpc) is 3.26. The van der Waals surface area contributed by atoms with E-state index in [1.54, 1.807) is 23.9 Å². The first kappa shape index (κ1) is 22.3. The van der Waals surface area contributed by atoms with Gasteiger partial charge in [-0.15, -0.1) is 5.10 Å². The van der Waals surface area contributed by atoms with Crippen molar-refractivity contribution in [2.75, 3.05) is 24.5 Å². The lowest BCUT2D eigenvalue weighted by atomic mass is 10.1. The number of carbonyl (C=O) groups is 1. The van der Waals surface area contributed by atoms with Gasteiger partial charge in [0.2, 0.25) is 0 Å². The molecule has 1 heterocycles. The van der Waals surface area contributed by atoms with E-state index in [1.807, 2.05) is 36.5 Å². The van der Waals surface area contributed by atoms with Crippen molar-refractivity contribution < 1.29 is 14.3 Å². The Morgan fingerprint density at radius 1 is 1.16 bits per heavy atom. The molecule has 164 valence electrons. The van der Waals surface area contributed by atoms with Crippen LogP contribution in [0.25, 0.3) is 5.69 Å². The van der Waals surface area contributed by atoms with Crippen LogP contribution in [0.15, 0.2) is 48.7 Å². The fraction of sp³-hybridized carbons (Fsp3) is 0.318. The summed E-state index contributed by atoms with van der Waals surface area (Å²) >= 11 is 0. The standard InChI is InChI=1S/C22H28N6O3/c1-3-4-5-18-14-28(27-26-18)19-9-7-17(8-10-19)24-22(29)25-21-12-20(31-15-30-2)11-6-16(21)13-23/h6-12,14H,3-5,13,15,23H2,1-2H3,(H2,24,25,29). The van der Waals surface area contributed by atoms with Crippen LogP contribution in [0.3, 0.4) is 0 Å². The maximum atomic E-state index is 12.5. The number of methoxy groups -OCH3 is 1. The largest absolute Gasteiger partial charge is 0.467 e. The van der Waals surface area contributed by atoms with E-state index in [1.165, 1.54) is 0 Å². The second kappa shape index (κ2) is 11.1. The minimum absolute atomic E-state index is 0.117. The normalized spacial score (nSPS) is 10.7. The van der Waals surface area contributed by atoms with Crippen LogP contribution in [0.5, 0.6) is 5.75 Å². The van der Waals surface area contributed by atoms with E-state index in [4.69, 9.17) is 15.2 Å². The first-order valence-electron chi connectivity index (χ1n) is 10.2. The second-order valence-corrected chi connectivity index (χ2v) is 6.96. The summed E-state index contributed by atoms with van der Waals surface area (Å²) in [5.41, 5.74) is 9.63. The summed E-state index contributed by atoms with van der Waals surface area (Å²) in [7, 11) is 1.54. The van der Waals surface area contributed by atoms with Crippen molar-refractivity contribution in [3.8, 4) is 11.4 Å². The second-order valence-electron chi connectivity index (χ2n) is 6.96. The summed E-state index contributed by atoms with van der Waals surface area (Å²) in [5.74, 6) is 0.574. The average molecular weight is 425 g/mol. The molecule has 2 aromatic carbocycles. The number of unbranched alkanes of at least 4 members (excludes halogenated alkanes) is 1. The molecule has 1 aromatic heterocycles. The molecule has 0 saturated carbocycles. The molecule has 9 heteroatoms. The van der Waals surface area contributed by atoms with Crippen LogP contribution in [-0.2, 0) is 17.7 Å². The Hall–Kier alpha value is -3.43. The van der Waals surface area contributed by atoms with Gasteiger partial charge in [-0.25, -0.2) is 9.48 Å². The molecule has 0 aliphatic rings. The van der Waals surface area contributed by atoms with Gasteiger partial charge in [-0.1, -0.05) is 24.6 Å². The first-order chi connectivity index (χ1) is 15.1. The van der Waals surface area contributed by atoms with E-state index in [0.29, 0.717) is 17.1 Å². The molecular weight excluding hydrogens is 396 g/mol. The Bertz CT molecular complexity index is 987. The molecule has 0 unspecified atom stereocenters. The zero-order valence-electron chi connectivity index (χ0n) is 17.8. The highest BCUT2D eigenvalue weighted by molar-refractivity contribution is 6.00. The highest BCUT2D eigenvalue weighted by Gasteiger charge is 2.09. The minimum atomic E-state index is -0.381. The van der Waals surface area contributed by atoms with Gasteiger partial charge in [-0.3, -0.25) is 0 Å². The van der Waals surface area contributed by atoms with Crippen molar-refractivity contribution in [1.82, 2.24) is 15.0 Å². The lowest BCUT2D eigenvalue weighted by Gasteiger charge is -2.13. The fourth-order valence-electron chi connectivity index (χ4n) is 2.95. The number of hydrogen-bond donors (Lipinski definition) is 3. The zero-order chi connectivity index (χ0) is 22.1. The maximum Gasteiger partial charge on any atom is 0.323 e. The van der Waals surface area contributed by atoms with Gasteiger partial charge in [0.15, 0.2) is 6.79 Å². The number of aromatic nitrogens is 3. The number of nitrogens with zero attached hydrogens (tertiary/aromatic N) is 3. The van der Waals surface area contributed by atoms with Gasteiger partial charge < -0.3 is 25.8 Å². The van der Waals surface area contributed by atoms with Gasteiger partial charge in [-0.2, -0.15) is 0 Å². The lowest BCUT2D eigenvalue weighted by molar-refractivity contribution is 0.0511. The number of anilines is 2. The van der Waals surface area contributed by atoms with Gasteiger partial charge in [0.25, 0.3) is 0 Å². The number of urea groups is 1. The quantitative estimate of drug-likeness (QED) is 0.427. The number of rotatable bonds is 10. The van der Waals surface area contributed by atoms with E-state index in [-0.39, 0.29) is 19.4 Å². The third-order valence-corrected chi connectivity index (χ3v) is 4.61. The number of carbonyl (C=O) groups excluding carboxylic acids is 1. The summed E-state index contributed by atoms with van der Waals surface area (Å²) in [4.78, 5) is 12.5. The van der Waals surface area contributed by atoms with Crippen molar-refractivity contribution in [1.29, 1.82) is 0 Å². The Balaban J connectivity index is 1.62. The topological polar surface area (TPSA) is 116 Å². The van der Waals surface area contributed by atoms with Gasteiger partial charge >= 0.3 is 6.03 Å². The van der Waals surface area contributed by atoms with Crippen LogP contribution in [0.1, 0.15) is 31.0 Å². The van der Waals surface area contributed by atoms with Gasteiger partial charge in [0, 0.05) is 25.4 Å². The summed E-state index contributed by atoms with van der Waals surface area (Å²) in [6.45, 7) is 2.55. The Morgan fingerprint density at radius 3 is 2.68 bits per heavy atom. The van der Waals surface area contributed by atoms with Crippen molar-refractivity contribution in [2.45, 2.75) is 32.7 Å². The van der Waals surface area contributed by atoms with Crippen LogP contribution in [0.4, 0.5) is 16.2 Å². The maximum absolute atomic E-state index is 12.5. The Kier molecular flexibility index (Phi) is 7.97. The molecule has 0 spiro atoms. The smallest absolute Gasteiger partial charge is 0.323 e. The predicted molar refractivity (Wildman–Crippen MR) is 119 cm³/mol. The fourth-order valence-corrected chi connectivity index (χ4v) is 2.95. The van der Waals surface area contributed by atoms with Gasteiger partial charge in [0.1, 0.15) is 5.75 Å². The molecule has 0 bridgehead atoms. The van der Waals surface area contributed by atoms with E-state index in [2.05, 4.69) is 27.9 Å². The molecule has 0 atom stereocenters. The van der Waals surface area contributed by atoms with Crippen molar-refractivity contribution in [3.05, 3.63) is 59.9 Å². The molecule has 0 saturated heterocycles. The molecule has 0 radical (unpaired) electrons. The van der Waals surface area contributed by atoms with Crippen LogP contribution < -0.4 is 21.1 Å². The van der Waals surface area contributed by atoms with Crippen molar-refractivity contribution >= 4 is 17.4 Å². The number of benzene rings is 2. The zero-order valence-corrected chi connectivity index (χ0v) is 17.8. The van der Waals surface area contributed by atoms with Crippen LogP contribution in [0.2, 0.25) is 0 Å². The van der Waals surface area contributed by atoms with Crippen LogP contribution >= 0.6 is 0 Å². The monoisotopic (exact) mass is 424 g/mol. The van der Waals surface area contributed by atoms with Gasteiger partial charge in [-0.05, 0) is 48.7 Å². The molecule has 2 amide bonds. The van der Waals surface area contributed by atoms with E-state index < -0.39 is 0 Å². The summed E-state index contributed by atoms with van der Waals surface area (Å²) in [5, 5.41) is 14.0. The molecular formula is C22H28N6O3. The first-order valence-corrected chi connectivity index (χ1v) is 10.2. The summed E-state index contributed by atoms with van der Waals surface area (Å²) in [6, 6.07) is 12.3. The minimum Gasteiger partial charge on any atom is -0.467 e. The summed E-state index contributed by atoms with van der Waals surface area (Å²) < 4.78 is 12.1. The Morgan fingerprint density at radius 2 is 1.97 bits per heavy atom. The predicted octanol–water partition coefficient (Wildman–Crippen LogP) is 3.70. The highest BCUT2D eigenvalue weighted by atomic mass is 16.7.